The minimum absolute atomic E-state index is 0.0712. The number of hydrogen-bond acceptors (Lipinski definition) is 9. The number of aliphatic hydroxyl groups excluding tert-OH is 2. The maximum atomic E-state index is 12.7. The Morgan fingerprint density at radius 1 is 0.692 bits per heavy atom. The smallest absolute Gasteiger partial charge is 0.265 e. The van der Waals surface area contributed by atoms with E-state index in [1.165, 1.54) is 14.2 Å². The summed E-state index contributed by atoms with van der Waals surface area (Å²) in [5.41, 5.74) is 6.79. The lowest BCUT2D eigenvalue weighted by Crippen LogP contribution is -2.31. The van der Waals surface area contributed by atoms with E-state index in [2.05, 4.69) is 15.3 Å². The number of ether oxygens (including phenoxy) is 4. The van der Waals surface area contributed by atoms with Crippen LogP contribution in [0.5, 0.6) is 23.5 Å². The molecule has 9 nitrogen and oxygen atoms in total. The first-order valence-electron chi connectivity index (χ1n) is 16.4. The molecule has 3 N–H and O–H groups in total. The van der Waals surface area contributed by atoms with Crippen molar-refractivity contribution in [1.82, 2.24) is 15.3 Å². The Hall–Kier alpha value is -3.88. The van der Waals surface area contributed by atoms with Crippen LogP contribution in [0.2, 0.25) is 10.0 Å². The minimum atomic E-state index is -2.86. The van der Waals surface area contributed by atoms with Gasteiger partial charge in [0.1, 0.15) is 35.5 Å². The third kappa shape index (κ3) is 10.6. The SMILES string of the molecule is COc1nc(OCc2cccc(-c3cccc(COc4nc(OC)c(CNCC(O)C(F)F)cc4Cl)c3C)c2C)c(Cl)cc1CCCC(O)C(F)F. The molecule has 0 saturated carbocycles. The van der Waals surface area contributed by atoms with Crippen LogP contribution in [0.15, 0.2) is 48.5 Å². The topological polar surface area (TPSA) is 115 Å². The molecule has 4 aromatic rings. The van der Waals surface area contributed by atoms with Crippen molar-refractivity contribution in [1.29, 1.82) is 0 Å². The third-order valence-electron chi connectivity index (χ3n) is 8.46. The van der Waals surface area contributed by atoms with E-state index in [-0.39, 0.29) is 66.3 Å². The Morgan fingerprint density at radius 3 is 1.65 bits per heavy atom. The number of pyridine rings is 2. The van der Waals surface area contributed by atoms with Crippen LogP contribution in [0, 0.1) is 13.8 Å². The molecule has 15 heteroatoms. The lowest BCUT2D eigenvalue weighted by molar-refractivity contribution is -0.00967. The van der Waals surface area contributed by atoms with E-state index in [1.54, 1.807) is 12.1 Å². The predicted molar refractivity (Wildman–Crippen MR) is 190 cm³/mol. The van der Waals surface area contributed by atoms with Gasteiger partial charge in [0, 0.05) is 24.2 Å². The van der Waals surface area contributed by atoms with Gasteiger partial charge in [-0.3, -0.25) is 0 Å². The van der Waals surface area contributed by atoms with Gasteiger partial charge in [-0.1, -0.05) is 59.6 Å². The number of rotatable bonds is 19. The summed E-state index contributed by atoms with van der Waals surface area (Å²) in [4.78, 5) is 8.78. The van der Waals surface area contributed by atoms with E-state index in [9.17, 15) is 27.8 Å². The highest BCUT2D eigenvalue weighted by molar-refractivity contribution is 6.32. The summed E-state index contributed by atoms with van der Waals surface area (Å²) in [6.45, 7) is 4.05. The fourth-order valence-electron chi connectivity index (χ4n) is 5.48. The average molecular weight is 771 g/mol. The Kier molecular flexibility index (Phi) is 15.2. The minimum Gasteiger partial charge on any atom is -0.481 e. The van der Waals surface area contributed by atoms with Crippen LogP contribution >= 0.6 is 23.2 Å². The highest BCUT2D eigenvalue weighted by atomic mass is 35.5. The van der Waals surface area contributed by atoms with Crippen molar-refractivity contribution in [3.63, 3.8) is 0 Å². The molecular formula is C37H41Cl2F4N3O6. The summed E-state index contributed by atoms with van der Waals surface area (Å²) in [6, 6.07) is 15.0. The molecule has 4 rings (SSSR count). The fraction of sp³-hybridized carbons (Fsp3) is 0.405. The molecule has 282 valence electrons. The normalized spacial score (nSPS) is 12.7. The number of hydrogen-bond donors (Lipinski definition) is 3. The maximum absolute atomic E-state index is 12.7. The fourth-order valence-corrected chi connectivity index (χ4v) is 5.93. The zero-order valence-corrected chi connectivity index (χ0v) is 30.6. The number of nitrogens with zero attached hydrogens (tertiary/aromatic N) is 2. The summed E-state index contributed by atoms with van der Waals surface area (Å²) >= 11 is 13.0. The largest absolute Gasteiger partial charge is 0.481 e. The van der Waals surface area contributed by atoms with Crippen molar-refractivity contribution in [2.45, 2.75) is 77.9 Å². The van der Waals surface area contributed by atoms with E-state index in [4.69, 9.17) is 42.1 Å². The molecule has 0 aliphatic heterocycles. The number of benzene rings is 2. The van der Waals surface area contributed by atoms with Crippen LogP contribution in [-0.4, -0.2) is 66.0 Å². The van der Waals surface area contributed by atoms with E-state index >= 15 is 0 Å². The molecule has 2 aromatic heterocycles. The zero-order valence-electron chi connectivity index (χ0n) is 29.1. The van der Waals surface area contributed by atoms with Gasteiger partial charge in [-0.15, -0.1) is 0 Å². The summed E-state index contributed by atoms with van der Waals surface area (Å²) in [7, 11) is 2.86. The Bertz CT molecular complexity index is 1670. The number of aryl methyl sites for hydroxylation is 1. The van der Waals surface area contributed by atoms with Gasteiger partial charge >= 0.3 is 0 Å². The maximum Gasteiger partial charge on any atom is 0.265 e. The van der Waals surface area contributed by atoms with E-state index in [0.29, 0.717) is 24.0 Å². The highest BCUT2D eigenvalue weighted by Gasteiger charge is 2.20. The number of alkyl halides is 4. The molecule has 0 aliphatic carbocycles. The molecule has 0 saturated heterocycles. The van der Waals surface area contributed by atoms with Crippen LogP contribution in [0.3, 0.4) is 0 Å². The van der Waals surface area contributed by atoms with Crippen molar-refractivity contribution < 1.29 is 46.7 Å². The van der Waals surface area contributed by atoms with Gasteiger partial charge in [-0.05, 0) is 78.6 Å². The van der Waals surface area contributed by atoms with Gasteiger partial charge in [0.2, 0.25) is 23.5 Å². The molecule has 0 amide bonds. The third-order valence-corrected chi connectivity index (χ3v) is 9.00. The Labute approximate surface area is 309 Å². The van der Waals surface area contributed by atoms with Crippen LogP contribution < -0.4 is 24.3 Å². The first-order valence-corrected chi connectivity index (χ1v) is 17.1. The molecule has 2 atom stereocenters. The van der Waals surface area contributed by atoms with Crippen molar-refractivity contribution in [2.75, 3.05) is 20.8 Å². The first kappa shape index (κ1) is 40.9. The predicted octanol–water partition coefficient (Wildman–Crippen LogP) is 7.91. The lowest BCUT2D eigenvalue weighted by Gasteiger charge is -2.18. The Balaban J connectivity index is 1.45. The van der Waals surface area contributed by atoms with E-state index < -0.39 is 25.1 Å². The van der Waals surface area contributed by atoms with Gasteiger partial charge in [0.25, 0.3) is 12.9 Å². The average Bonchev–Trinajstić information content (AvgIpc) is 3.11. The first-order chi connectivity index (χ1) is 24.8. The van der Waals surface area contributed by atoms with Crippen molar-refractivity contribution in [3.8, 4) is 34.6 Å². The monoisotopic (exact) mass is 769 g/mol. The molecule has 2 aromatic carbocycles. The highest BCUT2D eigenvalue weighted by Crippen LogP contribution is 2.35. The standard InChI is InChI=1S/C37H41Cl2F4N3O6/c1-20-23(18-51-36-28(38)14-22(34(45-36)49-3)8-7-13-30(47)32(40)41)9-5-11-26(20)27-12-6-10-24(21(27)2)19-52-37-29(39)15-25(35(46-37)50-4)16-44-17-31(48)33(42)43/h5-6,9-12,14-15,30-33,44,47-48H,7-8,13,16-19H2,1-4H3. The second kappa shape index (κ2) is 19.3. The van der Waals surface area contributed by atoms with Crippen molar-refractivity contribution >= 4 is 23.2 Å². The number of halogens is 6. The molecule has 52 heavy (non-hydrogen) atoms. The molecule has 0 bridgehead atoms. The quantitative estimate of drug-likeness (QED) is 0.0819. The zero-order chi connectivity index (χ0) is 37.9. The summed E-state index contributed by atoms with van der Waals surface area (Å²) in [6.07, 6.45) is -8.59. The van der Waals surface area contributed by atoms with Crippen LogP contribution in [-0.2, 0) is 26.2 Å². The molecule has 0 spiro atoms. The van der Waals surface area contributed by atoms with E-state index in [0.717, 1.165) is 33.4 Å². The van der Waals surface area contributed by atoms with Crippen molar-refractivity contribution in [3.05, 3.63) is 92.0 Å². The molecule has 0 aliphatic rings. The molecule has 2 unspecified atom stereocenters. The summed E-state index contributed by atoms with van der Waals surface area (Å²) in [5, 5.41) is 22.0. The lowest BCUT2D eigenvalue weighted by atomic mass is 9.92. The van der Waals surface area contributed by atoms with Crippen LogP contribution in [0.1, 0.15) is 46.2 Å². The molecule has 0 fully saturated rings. The van der Waals surface area contributed by atoms with Gasteiger partial charge in [-0.25, -0.2) is 17.6 Å². The van der Waals surface area contributed by atoms with Gasteiger partial charge in [0.05, 0.1) is 14.2 Å². The second-order valence-corrected chi connectivity index (χ2v) is 12.8. The van der Waals surface area contributed by atoms with E-state index in [1.807, 2.05) is 50.2 Å². The van der Waals surface area contributed by atoms with Crippen molar-refractivity contribution in [2.24, 2.45) is 0 Å². The molecule has 2 heterocycles. The number of nitrogens with one attached hydrogen (secondary N) is 1. The summed E-state index contributed by atoms with van der Waals surface area (Å²) in [5.74, 6) is 0.760. The van der Waals surface area contributed by atoms with Crippen LogP contribution in [0.4, 0.5) is 17.6 Å². The van der Waals surface area contributed by atoms with Gasteiger partial charge < -0.3 is 34.5 Å². The second-order valence-electron chi connectivity index (χ2n) is 12.0. The van der Waals surface area contributed by atoms with Crippen LogP contribution in [0.25, 0.3) is 11.1 Å². The number of methoxy groups -OCH3 is 2. The number of aliphatic hydroxyl groups is 2. The van der Waals surface area contributed by atoms with Gasteiger partial charge in [-0.2, -0.15) is 9.97 Å². The summed E-state index contributed by atoms with van der Waals surface area (Å²) < 4.78 is 73.4. The molecular weight excluding hydrogens is 729 g/mol. The Morgan fingerprint density at radius 2 is 1.17 bits per heavy atom. The van der Waals surface area contributed by atoms with Gasteiger partial charge in [0.15, 0.2) is 0 Å². The molecule has 0 radical (unpaired) electrons. The number of aromatic nitrogens is 2.